The minimum Gasteiger partial charge on any atom is -0.171 e. The molecule has 1 unspecified atom stereocenters. The molecule has 0 aromatic heterocycles. The van der Waals surface area contributed by atoms with E-state index >= 15 is 0 Å². The standard InChI is InChI=1S/C14H7Cl3F6NOS/c15-9-4-11(17)12(5-10(9)16)24-26(25)8-2-6(13(18,19)20)1-7(3-8)14(21,22)23/h1-5,24-25H/q+1. The summed E-state index contributed by atoms with van der Waals surface area (Å²) in [5, 5.41) is 0.0722. The average Bonchev–Trinajstić information content (AvgIpc) is 2.50. The quantitative estimate of drug-likeness (QED) is 0.291. The summed E-state index contributed by atoms with van der Waals surface area (Å²) in [6, 6.07) is 3.18. The smallest absolute Gasteiger partial charge is 0.171 e. The van der Waals surface area contributed by atoms with Crippen LogP contribution >= 0.6 is 34.8 Å². The van der Waals surface area contributed by atoms with Crippen molar-refractivity contribution in [1.82, 2.24) is 0 Å². The molecule has 2 N–H and O–H groups in total. The number of hydrogen-bond donors (Lipinski definition) is 2. The molecule has 1 atom stereocenters. The maximum Gasteiger partial charge on any atom is 0.416 e. The maximum absolute atomic E-state index is 12.9. The predicted molar refractivity (Wildman–Crippen MR) is 89.8 cm³/mol. The Labute approximate surface area is 161 Å². The molecule has 2 rings (SSSR count). The highest BCUT2D eigenvalue weighted by atomic mass is 35.5. The number of alkyl halides is 6. The third-order valence-electron chi connectivity index (χ3n) is 3.00. The van der Waals surface area contributed by atoms with Crippen molar-refractivity contribution in [1.29, 1.82) is 0 Å². The first-order chi connectivity index (χ1) is 11.8. The maximum atomic E-state index is 12.9. The summed E-state index contributed by atoms with van der Waals surface area (Å²) < 4.78 is 89.6. The van der Waals surface area contributed by atoms with Crippen LogP contribution < -0.4 is 4.72 Å². The van der Waals surface area contributed by atoms with Crippen LogP contribution in [0.5, 0.6) is 0 Å². The van der Waals surface area contributed by atoms with E-state index in [1.54, 1.807) is 0 Å². The summed E-state index contributed by atoms with van der Waals surface area (Å²) in [6.45, 7) is 0. The van der Waals surface area contributed by atoms with E-state index in [0.717, 1.165) is 0 Å². The van der Waals surface area contributed by atoms with E-state index in [1.807, 2.05) is 0 Å². The van der Waals surface area contributed by atoms with Gasteiger partial charge in [-0.05, 0) is 18.2 Å². The fraction of sp³-hybridized carbons (Fsp3) is 0.143. The second kappa shape index (κ2) is 7.55. The SMILES string of the molecule is O[S+](Nc1cc(Cl)c(Cl)cc1Cl)c1cc(C(F)(F)F)cc(C(F)(F)F)c1. The summed E-state index contributed by atoms with van der Waals surface area (Å²) in [5.41, 5.74) is -3.11. The largest absolute Gasteiger partial charge is 0.416 e. The molecule has 0 fully saturated rings. The van der Waals surface area contributed by atoms with Crippen LogP contribution in [0.25, 0.3) is 0 Å². The number of nitrogens with one attached hydrogen (secondary N) is 1. The van der Waals surface area contributed by atoms with E-state index in [1.165, 1.54) is 12.1 Å². The normalized spacial score (nSPS) is 13.6. The highest BCUT2D eigenvalue weighted by Crippen LogP contribution is 2.38. The minimum absolute atomic E-state index is 0.0159. The molecular weight excluding hydrogens is 451 g/mol. The zero-order chi connectivity index (χ0) is 19.9. The number of hydrogen-bond acceptors (Lipinski definition) is 2. The third-order valence-corrected chi connectivity index (χ3v) is 5.13. The second-order valence-corrected chi connectivity index (χ2v) is 7.34. The Morgan fingerprint density at radius 3 is 1.65 bits per heavy atom. The molecule has 0 aliphatic rings. The lowest BCUT2D eigenvalue weighted by atomic mass is 10.1. The van der Waals surface area contributed by atoms with Gasteiger partial charge in [0.05, 0.1) is 26.2 Å². The van der Waals surface area contributed by atoms with Crippen molar-refractivity contribution in [3.8, 4) is 0 Å². The number of anilines is 1. The van der Waals surface area contributed by atoms with Crippen molar-refractivity contribution < 1.29 is 30.9 Å². The molecule has 0 spiro atoms. The summed E-state index contributed by atoms with van der Waals surface area (Å²) >= 11 is 15.1. The van der Waals surface area contributed by atoms with E-state index in [-0.39, 0.29) is 26.8 Å². The van der Waals surface area contributed by atoms with Crippen LogP contribution in [0.1, 0.15) is 11.1 Å². The molecule has 0 saturated carbocycles. The Bertz CT molecular complexity index is 795. The number of rotatable bonds is 3. The predicted octanol–water partition coefficient (Wildman–Crippen LogP) is 7.16. The lowest BCUT2D eigenvalue weighted by Crippen LogP contribution is -2.17. The van der Waals surface area contributed by atoms with Gasteiger partial charge in [-0.15, -0.1) is 0 Å². The number of benzene rings is 2. The molecule has 0 radical (unpaired) electrons. The van der Waals surface area contributed by atoms with Gasteiger partial charge in [-0.1, -0.05) is 34.8 Å². The molecule has 0 amide bonds. The topological polar surface area (TPSA) is 32.3 Å². The van der Waals surface area contributed by atoms with Crippen LogP contribution in [0.2, 0.25) is 15.1 Å². The van der Waals surface area contributed by atoms with E-state index in [0.29, 0.717) is 12.1 Å². The molecule has 0 aliphatic heterocycles. The lowest BCUT2D eigenvalue weighted by molar-refractivity contribution is -0.143. The van der Waals surface area contributed by atoms with E-state index in [2.05, 4.69) is 4.72 Å². The zero-order valence-electron chi connectivity index (χ0n) is 12.1. The van der Waals surface area contributed by atoms with Gasteiger partial charge in [0.15, 0.2) is 0 Å². The van der Waals surface area contributed by atoms with E-state index in [9.17, 15) is 30.9 Å². The Kier molecular flexibility index (Phi) is 6.19. The van der Waals surface area contributed by atoms with Crippen molar-refractivity contribution in [3.63, 3.8) is 0 Å². The van der Waals surface area contributed by atoms with Gasteiger partial charge in [0.1, 0.15) is 5.69 Å². The first-order valence-electron chi connectivity index (χ1n) is 6.43. The van der Waals surface area contributed by atoms with Crippen molar-refractivity contribution in [3.05, 3.63) is 56.5 Å². The van der Waals surface area contributed by atoms with Crippen molar-refractivity contribution in [2.24, 2.45) is 0 Å². The second-order valence-electron chi connectivity index (χ2n) is 4.87. The Morgan fingerprint density at radius 2 is 1.19 bits per heavy atom. The van der Waals surface area contributed by atoms with Gasteiger partial charge in [-0.2, -0.15) is 35.6 Å². The summed E-state index contributed by atoms with van der Waals surface area (Å²) in [6.07, 6.45) is -10.1. The van der Waals surface area contributed by atoms with Gasteiger partial charge in [0, 0.05) is 12.1 Å². The zero-order valence-corrected chi connectivity index (χ0v) is 15.2. The van der Waals surface area contributed by atoms with Crippen molar-refractivity contribution in [2.45, 2.75) is 17.2 Å². The molecule has 0 heterocycles. The van der Waals surface area contributed by atoms with E-state index < -0.39 is 39.7 Å². The van der Waals surface area contributed by atoms with Crippen LogP contribution in [0.15, 0.2) is 35.2 Å². The Balaban J connectivity index is 2.45. The van der Waals surface area contributed by atoms with Gasteiger partial charge < -0.3 is 0 Å². The summed E-state index contributed by atoms with van der Waals surface area (Å²) in [5.74, 6) is 0. The van der Waals surface area contributed by atoms with Crippen LogP contribution in [-0.4, -0.2) is 4.55 Å². The first-order valence-corrected chi connectivity index (χ1v) is 8.74. The van der Waals surface area contributed by atoms with Gasteiger partial charge in [-0.3, -0.25) is 0 Å². The Hall–Kier alpha value is -1.00. The Morgan fingerprint density at radius 1 is 0.731 bits per heavy atom. The lowest BCUT2D eigenvalue weighted by Gasteiger charge is -2.13. The average molecular weight is 458 g/mol. The molecule has 2 aromatic rings. The van der Waals surface area contributed by atoms with Gasteiger partial charge in [-0.25, -0.2) is 0 Å². The van der Waals surface area contributed by atoms with Crippen molar-refractivity contribution in [2.75, 3.05) is 4.72 Å². The third kappa shape index (κ3) is 5.04. The monoisotopic (exact) mass is 456 g/mol. The molecule has 12 heteroatoms. The highest BCUT2D eigenvalue weighted by Gasteiger charge is 2.39. The number of halogens is 9. The molecule has 2 nitrogen and oxygen atoms in total. The van der Waals surface area contributed by atoms with E-state index in [4.69, 9.17) is 34.8 Å². The van der Waals surface area contributed by atoms with Crippen LogP contribution in [0.3, 0.4) is 0 Å². The van der Waals surface area contributed by atoms with Crippen LogP contribution in [0.4, 0.5) is 32.0 Å². The van der Waals surface area contributed by atoms with Gasteiger partial charge in [0.2, 0.25) is 4.90 Å². The molecule has 0 saturated heterocycles. The van der Waals surface area contributed by atoms with Gasteiger partial charge >= 0.3 is 23.7 Å². The van der Waals surface area contributed by atoms with Crippen LogP contribution in [0, 0.1) is 0 Å². The summed E-state index contributed by atoms with van der Waals surface area (Å²) in [7, 11) is 0. The molecule has 142 valence electrons. The minimum atomic E-state index is -5.03. The molecule has 0 bridgehead atoms. The molecule has 26 heavy (non-hydrogen) atoms. The molecular formula is C14H7Cl3F6NOS+. The molecule has 2 aromatic carbocycles. The van der Waals surface area contributed by atoms with Crippen LogP contribution in [-0.2, 0) is 23.7 Å². The fourth-order valence-corrected chi connectivity index (χ4v) is 3.42. The summed E-state index contributed by atoms with van der Waals surface area (Å²) in [4.78, 5) is -0.630. The first kappa shape index (κ1) is 21.3. The molecule has 0 aliphatic carbocycles. The van der Waals surface area contributed by atoms with Gasteiger partial charge in [0.25, 0.3) is 0 Å². The van der Waals surface area contributed by atoms with Crippen molar-refractivity contribution >= 4 is 51.9 Å². The highest BCUT2D eigenvalue weighted by molar-refractivity contribution is 7.92. The fourth-order valence-electron chi connectivity index (χ4n) is 1.80.